The number of benzene rings is 2. The number of rotatable bonds is 6. The second-order valence-electron chi connectivity index (χ2n) is 8.14. The van der Waals surface area contributed by atoms with Crippen molar-refractivity contribution < 1.29 is 19.8 Å². The minimum Gasteiger partial charge on any atom is -0.480 e. The third-order valence-corrected chi connectivity index (χ3v) is 6.18. The molecule has 0 saturated carbocycles. The Morgan fingerprint density at radius 3 is 2.40 bits per heavy atom. The van der Waals surface area contributed by atoms with Gasteiger partial charge in [0.15, 0.2) is 0 Å². The van der Waals surface area contributed by atoms with Crippen molar-refractivity contribution in [3.63, 3.8) is 0 Å². The number of likely N-dealkylation sites (tertiary alicyclic amines) is 1. The summed E-state index contributed by atoms with van der Waals surface area (Å²) in [5.41, 5.74) is 2.98. The van der Waals surface area contributed by atoms with E-state index in [0.29, 0.717) is 5.92 Å². The molecule has 1 aliphatic rings. The zero-order chi connectivity index (χ0) is 21.3. The van der Waals surface area contributed by atoms with Gasteiger partial charge >= 0.3 is 11.9 Å². The highest BCUT2D eigenvalue weighted by molar-refractivity contribution is 5.96. The topological polar surface area (TPSA) is 82.8 Å². The fraction of sp³-hybridized carbons (Fsp3) is 0.333. The molecule has 2 aromatic carbocycles. The summed E-state index contributed by atoms with van der Waals surface area (Å²) >= 11 is 0. The van der Waals surface area contributed by atoms with Crippen LogP contribution in [0, 0.1) is 5.92 Å². The van der Waals surface area contributed by atoms with Gasteiger partial charge < -0.3 is 14.8 Å². The van der Waals surface area contributed by atoms with E-state index in [1.807, 2.05) is 28.8 Å². The second-order valence-corrected chi connectivity index (χ2v) is 8.14. The first kappa shape index (κ1) is 20.2. The minimum absolute atomic E-state index is 0.198. The predicted molar refractivity (Wildman–Crippen MR) is 115 cm³/mol. The van der Waals surface area contributed by atoms with Gasteiger partial charge in [-0.05, 0) is 56.0 Å². The van der Waals surface area contributed by atoms with Gasteiger partial charge in [0.2, 0.25) is 0 Å². The standard InChI is InChI=1S/C24H26N2O4/c1-25-15-20(19-8-7-18(23(27)28)14-21(19)25)22(24(29)30)26-11-9-17(10-12-26)13-16-5-3-2-4-6-16/h2-8,14-15,17,22H,9-13H2,1H3,(H,27,28)(H,29,30). The lowest BCUT2D eigenvalue weighted by atomic mass is 9.89. The molecule has 1 aliphatic heterocycles. The number of aliphatic carboxylic acids is 1. The number of aryl methyl sites for hydroxylation is 1. The van der Waals surface area contributed by atoms with Crippen LogP contribution < -0.4 is 0 Å². The van der Waals surface area contributed by atoms with Gasteiger partial charge in [0.05, 0.1) is 5.56 Å². The largest absolute Gasteiger partial charge is 0.480 e. The molecule has 6 nitrogen and oxygen atoms in total. The maximum Gasteiger partial charge on any atom is 0.335 e. The monoisotopic (exact) mass is 406 g/mol. The molecule has 6 heteroatoms. The lowest BCUT2D eigenvalue weighted by Gasteiger charge is -2.35. The maximum atomic E-state index is 12.3. The number of aromatic carboxylic acids is 1. The highest BCUT2D eigenvalue weighted by atomic mass is 16.4. The normalized spacial score (nSPS) is 16.6. The van der Waals surface area contributed by atoms with Crippen LogP contribution in [0.2, 0.25) is 0 Å². The highest BCUT2D eigenvalue weighted by Gasteiger charge is 2.33. The Bertz CT molecular complexity index is 1070. The van der Waals surface area contributed by atoms with Gasteiger partial charge in [0.25, 0.3) is 0 Å². The zero-order valence-electron chi connectivity index (χ0n) is 17.0. The Kier molecular flexibility index (Phi) is 5.59. The van der Waals surface area contributed by atoms with Crippen molar-refractivity contribution in [3.8, 4) is 0 Å². The maximum absolute atomic E-state index is 12.3. The third kappa shape index (κ3) is 3.96. The number of carboxylic acid groups (broad SMARTS) is 2. The summed E-state index contributed by atoms with van der Waals surface area (Å²) in [5.74, 6) is -1.30. The van der Waals surface area contributed by atoms with Crippen molar-refractivity contribution in [1.82, 2.24) is 9.47 Å². The molecule has 1 unspecified atom stereocenters. The van der Waals surface area contributed by atoms with Crippen molar-refractivity contribution in [1.29, 1.82) is 0 Å². The van der Waals surface area contributed by atoms with E-state index in [1.165, 1.54) is 5.56 Å². The van der Waals surface area contributed by atoms with E-state index in [0.717, 1.165) is 48.8 Å². The molecule has 0 radical (unpaired) electrons. The van der Waals surface area contributed by atoms with E-state index < -0.39 is 18.0 Å². The molecule has 0 aliphatic carbocycles. The van der Waals surface area contributed by atoms with Gasteiger partial charge in [-0.1, -0.05) is 36.4 Å². The predicted octanol–water partition coefficient (Wildman–Crippen LogP) is 3.96. The van der Waals surface area contributed by atoms with Gasteiger partial charge in [-0.25, -0.2) is 4.79 Å². The molecule has 156 valence electrons. The molecule has 4 rings (SSSR count). The highest BCUT2D eigenvalue weighted by Crippen LogP contribution is 2.34. The van der Waals surface area contributed by atoms with Crippen LogP contribution in [0.4, 0.5) is 0 Å². The second kappa shape index (κ2) is 8.32. The lowest BCUT2D eigenvalue weighted by molar-refractivity contribution is -0.144. The first-order valence-electron chi connectivity index (χ1n) is 10.3. The fourth-order valence-corrected chi connectivity index (χ4v) is 4.61. The molecule has 1 atom stereocenters. The Balaban J connectivity index is 1.55. The number of carboxylic acids is 2. The van der Waals surface area contributed by atoms with Gasteiger partial charge in [-0.15, -0.1) is 0 Å². The third-order valence-electron chi connectivity index (χ3n) is 6.18. The van der Waals surface area contributed by atoms with Gasteiger partial charge in [0.1, 0.15) is 6.04 Å². The summed E-state index contributed by atoms with van der Waals surface area (Å²) < 4.78 is 1.81. The van der Waals surface area contributed by atoms with Crippen LogP contribution in [0.1, 0.15) is 40.4 Å². The average molecular weight is 406 g/mol. The van der Waals surface area contributed by atoms with E-state index in [1.54, 1.807) is 18.2 Å². The molecule has 0 bridgehead atoms. The lowest BCUT2D eigenvalue weighted by Crippen LogP contribution is -2.40. The molecular formula is C24H26N2O4. The number of hydrogen-bond donors (Lipinski definition) is 2. The molecule has 0 spiro atoms. The summed E-state index contributed by atoms with van der Waals surface area (Å²) in [6.07, 6.45) is 4.78. The first-order chi connectivity index (χ1) is 14.4. The molecular weight excluding hydrogens is 380 g/mol. The molecule has 1 fully saturated rings. The molecule has 2 N–H and O–H groups in total. The van der Waals surface area contributed by atoms with Crippen LogP contribution in [0.5, 0.6) is 0 Å². The van der Waals surface area contributed by atoms with Crippen molar-refractivity contribution in [2.75, 3.05) is 13.1 Å². The van der Waals surface area contributed by atoms with Crippen LogP contribution in [-0.4, -0.2) is 44.7 Å². The summed E-state index contributed by atoms with van der Waals surface area (Å²) in [7, 11) is 1.82. The van der Waals surface area contributed by atoms with E-state index >= 15 is 0 Å². The van der Waals surface area contributed by atoms with E-state index in [-0.39, 0.29) is 5.56 Å². The smallest absolute Gasteiger partial charge is 0.335 e. The fourth-order valence-electron chi connectivity index (χ4n) is 4.61. The quantitative estimate of drug-likeness (QED) is 0.648. The number of aromatic nitrogens is 1. The Morgan fingerprint density at radius 1 is 1.07 bits per heavy atom. The Labute approximate surface area is 175 Å². The summed E-state index contributed by atoms with van der Waals surface area (Å²) in [6.45, 7) is 1.47. The number of piperidine rings is 1. The van der Waals surface area contributed by atoms with Gasteiger partial charge in [0, 0.05) is 29.7 Å². The average Bonchev–Trinajstić information content (AvgIpc) is 3.05. The molecule has 1 saturated heterocycles. The van der Waals surface area contributed by atoms with Crippen LogP contribution in [0.25, 0.3) is 10.9 Å². The van der Waals surface area contributed by atoms with Crippen molar-refractivity contribution in [2.45, 2.75) is 25.3 Å². The Morgan fingerprint density at radius 2 is 1.77 bits per heavy atom. The van der Waals surface area contributed by atoms with Crippen molar-refractivity contribution in [2.24, 2.45) is 13.0 Å². The van der Waals surface area contributed by atoms with E-state index in [2.05, 4.69) is 24.3 Å². The zero-order valence-corrected chi connectivity index (χ0v) is 17.0. The van der Waals surface area contributed by atoms with Crippen molar-refractivity contribution >= 4 is 22.8 Å². The van der Waals surface area contributed by atoms with Crippen LogP contribution in [0.15, 0.2) is 54.7 Å². The van der Waals surface area contributed by atoms with Gasteiger partial charge in [-0.2, -0.15) is 0 Å². The summed E-state index contributed by atoms with van der Waals surface area (Å²) in [5, 5.41) is 20.1. The SMILES string of the molecule is Cn1cc(C(C(=O)O)N2CCC(Cc3ccccc3)CC2)c2ccc(C(=O)O)cc21. The minimum atomic E-state index is -0.991. The van der Waals surface area contributed by atoms with Crippen LogP contribution >= 0.6 is 0 Å². The van der Waals surface area contributed by atoms with E-state index in [9.17, 15) is 19.8 Å². The van der Waals surface area contributed by atoms with Crippen LogP contribution in [-0.2, 0) is 18.3 Å². The molecule has 30 heavy (non-hydrogen) atoms. The summed E-state index contributed by atoms with van der Waals surface area (Å²) in [6, 6.07) is 14.6. The number of fused-ring (bicyclic) bond motifs is 1. The molecule has 3 aromatic rings. The number of nitrogens with zero attached hydrogens (tertiary/aromatic N) is 2. The summed E-state index contributed by atoms with van der Waals surface area (Å²) in [4.78, 5) is 25.6. The number of hydrogen-bond acceptors (Lipinski definition) is 3. The molecule has 2 heterocycles. The first-order valence-corrected chi connectivity index (χ1v) is 10.3. The van der Waals surface area contributed by atoms with Crippen molar-refractivity contribution in [3.05, 3.63) is 71.4 Å². The molecule has 0 amide bonds. The van der Waals surface area contributed by atoms with Crippen LogP contribution in [0.3, 0.4) is 0 Å². The van der Waals surface area contributed by atoms with Gasteiger partial charge in [-0.3, -0.25) is 9.69 Å². The van der Waals surface area contributed by atoms with E-state index in [4.69, 9.17) is 0 Å². The number of carbonyl (C=O) groups is 2. The Hall–Kier alpha value is -3.12. The molecule has 1 aromatic heterocycles.